The van der Waals surface area contributed by atoms with Crippen LogP contribution in [0.5, 0.6) is 0 Å². The van der Waals surface area contributed by atoms with Crippen LogP contribution in [0.4, 0.5) is 16.5 Å². The van der Waals surface area contributed by atoms with Crippen molar-refractivity contribution in [1.29, 1.82) is 0 Å². The summed E-state index contributed by atoms with van der Waals surface area (Å²) in [5.41, 5.74) is 1.62. The van der Waals surface area contributed by atoms with Gasteiger partial charge in [-0.25, -0.2) is 13.4 Å². The molecule has 0 saturated carbocycles. The number of carbonyl (C=O) groups excluding carboxylic acids is 2. The lowest BCUT2D eigenvalue weighted by molar-refractivity contribution is -0.116. The molecule has 0 aliphatic carbocycles. The van der Waals surface area contributed by atoms with Crippen molar-refractivity contribution in [3.8, 4) is 0 Å². The van der Waals surface area contributed by atoms with Gasteiger partial charge in [0.05, 0.1) is 17.0 Å². The Kier molecular flexibility index (Phi) is 6.70. The van der Waals surface area contributed by atoms with Crippen LogP contribution in [-0.2, 0) is 26.0 Å². The maximum Gasteiger partial charge on any atom is 0.263 e. The van der Waals surface area contributed by atoms with Crippen molar-refractivity contribution in [2.45, 2.75) is 18.2 Å². The number of hydrogen-bond acceptors (Lipinski definition) is 6. The second-order valence-corrected chi connectivity index (χ2v) is 9.16. The van der Waals surface area contributed by atoms with E-state index in [1.165, 1.54) is 31.2 Å². The average Bonchev–Trinajstić information content (AvgIpc) is 3.09. The Hall–Kier alpha value is -2.95. The third-order valence-corrected chi connectivity index (χ3v) is 6.27. The molecule has 0 aliphatic heterocycles. The van der Waals surface area contributed by atoms with E-state index in [4.69, 9.17) is 11.6 Å². The SMILES string of the molecule is CC(=O)Nc1ccc(NC(=O)Cc2csc(NS(=O)(=O)c3ccc(Cl)cc3)n2)cc1. The fourth-order valence-corrected chi connectivity index (χ4v) is 4.52. The molecule has 2 aromatic carbocycles. The molecule has 0 saturated heterocycles. The first-order valence-corrected chi connectivity index (χ1v) is 11.4. The van der Waals surface area contributed by atoms with Crippen molar-refractivity contribution in [2.75, 3.05) is 15.4 Å². The predicted octanol–water partition coefficient (Wildman–Crippen LogP) is 3.74. The zero-order chi connectivity index (χ0) is 21.7. The molecule has 0 bridgehead atoms. The van der Waals surface area contributed by atoms with Gasteiger partial charge in [0, 0.05) is 28.7 Å². The van der Waals surface area contributed by atoms with Crippen LogP contribution >= 0.6 is 22.9 Å². The molecule has 30 heavy (non-hydrogen) atoms. The van der Waals surface area contributed by atoms with Crippen molar-refractivity contribution in [3.63, 3.8) is 0 Å². The normalized spacial score (nSPS) is 11.0. The Balaban J connectivity index is 1.59. The first-order valence-electron chi connectivity index (χ1n) is 8.61. The minimum absolute atomic E-state index is 0.0212. The lowest BCUT2D eigenvalue weighted by Crippen LogP contribution is -2.15. The maximum absolute atomic E-state index is 12.4. The molecule has 11 heteroatoms. The van der Waals surface area contributed by atoms with E-state index < -0.39 is 10.0 Å². The quantitative estimate of drug-likeness (QED) is 0.492. The molecule has 3 N–H and O–H groups in total. The smallest absolute Gasteiger partial charge is 0.263 e. The van der Waals surface area contributed by atoms with Crippen LogP contribution in [0.2, 0.25) is 5.02 Å². The van der Waals surface area contributed by atoms with Crippen LogP contribution in [0.3, 0.4) is 0 Å². The first-order chi connectivity index (χ1) is 14.2. The van der Waals surface area contributed by atoms with Crippen molar-refractivity contribution in [2.24, 2.45) is 0 Å². The number of amides is 2. The van der Waals surface area contributed by atoms with Gasteiger partial charge in [-0.1, -0.05) is 11.6 Å². The van der Waals surface area contributed by atoms with Crippen LogP contribution < -0.4 is 15.4 Å². The molecule has 0 fully saturated rings. The fourth-order valence-electron chi connectivity index (χ4n) is 2.43. The zero-order valence-electron chi connectivity index (χ0n) is 15.7. The van der Waals surface area contributed by atoms with Gasteiger partial charge in [0.1, 0.15) is 0 Å². The standard InChI is InChI=1S/C19H17ClN4O4S2/c1-12(25)21-14-4-6-15(7-5-14)22-18(26)10-16-11-29-19(23-16)24-30(27,28)17-8-2-13(20)3-9-17/h2-9,11H,10H2,1H3,(H,21,25)(H,22,26)(H,23,24). The van der Waals surface area contributed by atoms with Crippen LogP contribution in [0, 0.1) is 0 Å². The molecule has 0 atom stereocenters. The van der Waals surface area contributed by atoms with E-state index >= 15 is 0 Å². The summed E-state index contributed by atoms with van der Waals surface area (Å²) < 4.78 is 27.2. The lowest BCUT2D eigenvalue weighted by atomic mass is 10.2. The number of rotatable bonds is 7. The number of sulfonamides is 1. The molecule has 156 valence electrons. The van der Waals surface area contributed by atoms with Crippen molar-refractivity contribution >= 4 is 61.3 Å². The Bertz CT molecular complexity index is 1160. The van der Waals surface area contributed by atoms with Crippen molar-refractivity contribution < 1.29 is 18.0 Å². The second-order valence-electron chi connectivity index (χ2n) is 6.19. The topological polar surface area (TPSA) is 117 Å². The van der Waals surface area contributed by atoms with Gasteiger partial charge in [0.2, 0.25) is 11.8 Å². The van der Waals surface area contributed by atoms with Gasteiger partial charge in [0.15, 0.2) is 5.13 Å². The molecule has 3 rings (SSSR count). The van der Waals surface area contributed by atoms with Crippen LogP contribution in [0.25, 0.3) is 0 Å². The molecular weight excluding hydrogens is 448 g/mol. The lowest BCUT2D eigenvalue weighted by Gasteiger charge is -2.06. The second kappa shape index (κ2) is 9.24. The van der Waals surface area contributed by atoms with Crippen LogP contribution in [0.1, 0.15) is 12.6 Å². The van der Waals surface area contributed by atoms with Gasteiger partial charge < -0.3 is 10.6 Å². The average molecular weight is 465 g/mol. The van der Waals surface area contributed by atoms with Gasteiger partial charge >= 0.3 is 0 Å². The summed E-state index contributed by atoms with van der Waals surface area (Å²) >= 11 is 6.86. The molecule has 3 aromatic rings. The Labute approximate surface area is 182 Å². The number of thiazole rings is 1. The Morgan fingerprint density at radius 1 is 1.00 bits per heavy atom. The van der Waals surface area contributed by atoms with E-state index in [-0.39, 0.29) is 28.3 Å². The monoisotopic (exact) mass is 464 g/mol. The number of halogens is 1. The van der Waals surface area contributed by atoms with E-state index in [1.807, 2.05) is 0 Å². The molecule has 0 aliphatic rings. The minimum atomic E-state index is -3.80. The summed E-state index contributed by atoms with van der Waals surface area (Å²) in [5, 5.41) is 7.56. The summed E-state index contributed by atoms with van der Waals surface area (Å²) in [6.45, 7) is 1.41. The number of aromatic nitrogens is 1. The number of anilines is 3. The number of benzene rings is 2. The summed E-state index contributed by atoms with van der Waals surface area (Å²) in [7, 11) is -3.80. The van der Waals surface area contributed by atoms with E-state index in [9.17, 15) is 18.0 Å². The van der Waals surface area contributed by atoms with Crippen molar-refractivity contribution in [3.05, 3.63) is 64.6 Å². The summed E-state index contributed by atoms with van der Waals surface area (Å²) in [6, 6.07) is 12.4. The van der Waals surface area contributed by atoms with Gasteiger partial charge in [-0.3, -0.25) is 14.3 Å². The van der Waals surface area contributed by atoms with Crippen molar-refractivity contribution in [1.82, 2.24) is 4.98 Å². The Morgan fingerprint density at radius 2 is 1.60 bits per heavy atom. The minimum Gasteiger partial charge on any atom is -0.326 e. The number of nitrogens with zero attached hydrogens (tertiary/aromatic N) is 1. The van der Waals surface area contributed by atoms with Crippen LogP contribution in [0.15, 0.2) is 58.8 Å². The highest BCUT2D eigenvalue weighted by Gasteiger charge is 2.17. The molecule has 1 heterocycles. The van der Waals surface area contributed by atoms with Gasteiger partial charge in [-0.15, -0.1) is 11.3 Å². The highest BCUT2D eigenvalue weighted by atomic mass is 35.5. The number of nitrogens with one attached hydrogen (secondary N) is 3. The van der Waals surface area contributed by atoms with E-state index in [1.54, 1.807) is 29.6 Å². The van der Waals surface area contributed by atoms with E-state index in [2.05, 4.69) is 20.3 Å². The summed E-state index contributed by atoms with van der Waals surface area (Å²) in [5.74, 6) is -0.488. The molecular formula is C19H17ClN4O4S2. The fraction of sp³-hybridized carbons (Fsp3) is 0.105. The molecule has 8 nitrogen and oxygen atoms in total. The summed E-state index contributed by atoms with van der Waals surface area (Å²) in [4.78, 5) is 27.5. The van der Waals surface area contributed by atoms with Gasteiger partial charge in [-0.2, -0.15) is 0 Å². The van der Waals surface area contributed by atoms with Gasteiger partial charge in [-0.05, 0) is 48.5 Å². The van der Waals surface area contributed by atoms with Crippen LogP contribution in [-0.4, -0.2) is 25.2 Å². The molecule has 0 spiro atoms. The molecule has 0 radical (unpaired) electrons. The highest BCUT2D eigenvalue weighted by Crippen LogP contribution is 2.22. The van der Waals surface area contributed by atoms with Gasteiger partial charge in [0.25, 0.3) is 10.0 Å². The van der Waals surface area contributed by atoms with E-state index in [0.717, 1.165) is 11.3 Å². The molecule has 2 amide bonds. The molecule has 1 aromatic heterocycles. The largest absolute Gasteiger partial charge is 0.326 e. The molecule has 0 unspecified atom stereocenters. The number of carbonyl (C=O) groups is 2. The first kappa shape index (κ1) is 21.8. The van der Waals surface area contributed by atoms with E-state index in [0.29, 0.717) is 22.1 Å². The third-order valence-electron chi connectivity index (χ3n) is 3.73. The number of hydrogen-bond donors (Lipinski definition) is 3. The highest BCUT2D eigenvalue weighted by molar-refractivity contribution is 7.93. The summed E-state index contributed by atoms with van der Waals surface area (Å²) in [6.07, 6.45) is -0.0212. The third kappa shape index (κ3) is 6.02. The zero-order valence-corrected chi connectivity index (χ0v) is 18.1. The Morgan fingerprint density at radius 3 is 2.20 bits per heavy atom. The maximum atomic E-state index is 12.4. The predicted molar refractivity (Wildman–Crippen MR) is 117 cm³/mol.